The number of ether oxygens (including phenoxy) is 1. The van der Waals surface area contributed by atoms with Crippen LogP contribution in [0.25, 0.3) is 0 Å². The molecule has 0 aromatic rings. The first-order chi connectivity index (χ1) is 12.4. The maximum atomic E-state index is 7.94. The maximum Gasteiger partial charge on any atom is 0.0693 e. The van der Waals surface area contributed by atoms with Gasteiger partial charge in [0, 0.05) is 7.11 Å². The zero-order valence-corrected chi connectivity index (χ0v) is 17.4. The lowest BCUT2D eigenvalue weighted by molar-refractivity contribution is 0.135. The topological polar surface area (TPSA) is 29.5 Å². The third-order valence-corrected chi connectivity index (χ3v) is 0.295. The number of rotatable bonds is 2. The predicted octanol–water partition coefficient (Wildman–Crippen LogP) is 7.65. The lowest BCUT2D eigenvalue weighted by Crippen LogP contribution is -1.91. The molecule has 0 aliphatic carbocycles. The van der Waals surface area contributed by atoms with E-state index in [1.807, 2.05) is 0 Å². The number of aliphatic hydroxyl groups excluding tert-OH is 1. The quantitative estimate of drug-likeness (QED) is 0.515. The van der Waals surface area contributed by atoms with E-state index in [1.165, 1.54) is 0 Å². The Labute approximate surface area is 162 Å². The van der Waals surface area contributed by atoms with Gasteiger partial charge in [-0.25, -0.2) is 0 Å². The molecular formula is C23H48O2. The SMILES string of the molecule is C=C.C=C.C=C.C=C.C=C.C=C.C=C.C=C.C=C.C=C.COCCO. The number of hydrogen-bond acceptors (Lipinski definition) is 2. The zero-order valence-electron chi connectivity index (χ0n) is 17.4. The molecular weight excluding hydrogens is 308 g/mol. The molecule has 0 bridgehead atoms. The first-order valence-electron chi connectivity index (χ1n) is 6.51. The van der Waals surface area contributed by atoms with Gasteiger partial charge >= 0.3 is 0 Å². The summed E-state index contributed by atoms with van der Waals surface area (Å²) in [7, 11) is 1.55. The second kappa shape index (κ2) is 86000. The lowest BCUT2D eigenvalue weighted by atomic mass is 10.8. The molecule has 0 spiro atoms. The van der Waals surface area contributed by atoms with E-state index in [1.54, 1.807) is 7.11 Å². The van der Waals surface area contributed by atoms with Crippen LogP contribution in [0, 0.1) is 0 Å². The van der Waals surface area contributed by atoms with Crippen molar-refractivity contribution in [3.8, 4) is 0 Å². The molecule has 0 amide bonds. The van der Waals surface area contributed by atoms with Crippen molar-refractivity contribution in [2.24, 2.45) is 0 Å². The molecule has 0 aliphatic rings. The third kappa shape index (κ3) is 17200. The first-order valence-corrected chi connectivity index (χ1v) is 6.51. The van der Waals surface area contributed by atoms with Crippen molar-refractivity contribution in [2.45, 2.75) is 0 Å². The highest BCUT2D eigenvalue weighted by atomic mass is 16.5. The van der Waals surface area contributed by atoms with Gasteiger partial charge in [0.2, 0.25) is 0 Å². The lowest BCUT2D eigenvalue weighted by Gasteiger charge is -1.84. The van der Waals surface area contributed by atoms with Gasteiger partial charge in [0.15, 0.2) is 0 Å². The molecule has 2 nitrogen and oxygen atoms in total. The van der Waals surface area contributed by atoms with Crippen LogP contribution in [0.15, 0.2) is 132 Å². The van der Waals surface area contributed by atoms with Gasteiger partial charge in [0.25, 0.3) is 0 Å². The summed E-state index contributed by atoms with van der Waals surface area (Å²) in [5, 5.41) is 7.94. The summed E-state index contributed by atoms with van der Waals surface area (Å²) < 4.78 is 4.44. The molecule has 0 rings (SSSR count). The van der Waals surface area contributed by atoms with Crippen LogP contribution in [-0.4, -0.2) is 25.4 Å². The number of methoxy groups -OCH3 is 1. The second-order valence-corrected chi connectivity index (χ2v) is 0.716. The predicted molar refractivity (Wildman–Crippen MR) is 132 cm³/mol. The molecule has 0 saturated heterocycles. The Hall–Kier alpha value is -2.68. The van der Waals surface area contributed by atoms with Gasteiger partial charge in [0.05, 0.1) is 13.2 Å². The fourth-order valence-electron chi connectivity index (χ4n) is 0.0913. The highest BCUT2D eigenvalue weighted by Gasteiger charge is 1.67. The van der Waals surface area contributed by atoms with Crippen molar-refractivity contribution >= 4 is 0 Å². The highest BCUT2D eigenvalue weighted by Crippen LogP contribution is 1.56. The van der Waals surface area contributed by atoms with Gasteiger partial charge in [-0.15, -0.1) is 132 Å². The molecule has 0 aromatic carbocycles. The van der Waals surface area contributed by atoms with Crippen molar-refractivity contribution < 1.29 is 9.84 Å². The van der Waals surface area contributed by atoms with Gasteiger partial charge in [-0.2, -0.15) is 0 Å². The minimum atomic E-state index is 0.122. The summed E-state index contributed by atoms with van der Waals surface area (Å²) in [6.07, 6.45) is 0. The molecule has 0 saturated carbocycles. The van der Waals surface area contributed by atoms with Crippen molar-refractivity contribution in [2.75, 3.05) is 20.3 Å². The van der Waals surface area contributed by atoms with Crippen LogP contribution in [0.3, 0.4) is 0 Å². The molecule has 25 heavy (non-hydrogen) atoms. The molecule has 0 fully saturated rings. The second-order valence-electron chi connectivity index (χ2n) is 0.716. The summed E-state index contributed by atoms with van der Waals surface area (Å²) >= 11 is 0. The molecule has 152 valence electrons. The Morgan fingerprint density at radius 3 is 0.560 bits per heavy atom. The van der Waals surface area contributed by atoms with E-state index in [4.69, 9.17) is 5.11 Å². The van der Waals surface area contributed by atoms with Crippen LogP contribution in [0.5, 0.6) is 0 Å². The zero-order chi connectivity index (χ0) is 24.1. The smallest absolute Gasteiger partial charge is 0.0693 e. The average Bonchev–Trinajstić information content (AvgIpc) is 2.82. The van der Waals surface area contributed by atoms with Crippen molar-refractivity contribution in [3.63, 3.8) is 0 Å². The Morgan fingerprint density at radius 2 is 0.560 bits per heavy atom. The van der Waals surface area contributed by atoms with Crippen LogP contribution in [0.4, 0.5) is 0 Å². The molecule has 0 atom stereocenters. The minimum absolute atomic E-state index is 0.122. The maximum absolute atomic E-state index is 7.94. The summed E-state index contributed by atoms with van der Waals surface area (Å²) in [5.41, 5.74) is 0. The molecule has 1 N–H and O–H groups in total. The van der Waals surface area contributed by atoms with Crippen molar-refractivity contribution in [3.05, 3.63) is 132 Å². The van der Waals surface area contributed by atoms with Crippen LogP contribution >= 0.6 is 0 Å². The summed E-state index contributed by atoms with van der Waals surface area (Å²) in [5.74, 6) is 0. The van der Waals surface area contributed by atoms with E-state index in [9.17, 15) is 0 Å². The first kappa shape index (κ1) is 79.2. The van der Waals surface area contributed by atoms with Crippen molar-refractivity contribution in [1.82, 2.24) is 0 Å². The molecule has 2 heteroatoms. The van der Waals surface area contributed by atoms with E-state index in [-0.39, 0.29) is 6.61 Å². The molecule has 0 aromatic heterocycles. The summed E-state index contributed by atoms with van der Waals surface area (Å²) in [6.45, 7) is 60.6. The molecule has 0 radical (unpaired) electrons. The monoisotopic (exact) mass is 356 g/mol. The molecule has 0 aliphatic heterocycles. The fraction of sp³-hybridized carbons (Fsp3) is 0.130. The fourth-order valence-corrected chi connectivity index (χ4v) is 0.0913. The van der Waals surface area contributed by atoms with E-state index in [0.29, 0.717) is 6.61 Å². The van der Waals surface area contributed by atoms with E-state index >= 15 is 0 Å². The van der Waals surface area contributed by atoms with Crippen LogP contribution < -0.4 is 0 Å². The highest BCUT2D eigenvalue weighted by molar-refractivity contribution is 4.24. The minimum Gasteiger partial charge on any atom is -0.394 e. The van der Waals surface area contributed by atoms with E-state index in [2.05, 4.69) is 136 Å². The Bertz CT molecular complexity index is 71.0. The van der Waals surface area contributed by atoms with Crippen LogP contribution in [0.2, 0.25) is 0 Å². The molecule has 0 heterocycles. The van der Waals surface area contributed by atoms with Crippen LogP contribution in [0.1, 0.15) is 0 Å². The van der Waals surface area contributed by atoms with Gasteiger partial charge in [0.1, 0.15) is 0 Å². The Balaban J connectivity index is -0.00000000987. The van der Waals surface area contributed by atoms with Crippen LogP contribution in [-0.2, 0) is 4.74 Å². The van der Waals surface area contributed by atoms with Gasteiger partial charge in [-0.05, 0) is 0 Å². The van der Waals surface area contributed by atoms with Gasteiger partial charge < -0.3 is 9.84 Å². The average molecular weight is 357 g/mol. The molecule has 0 unspecified atom stereocenters. The van der Waals surface area contributed by atoms with E-state index < -0.39 is 0 Å². The summed E-state index contributed by atoms with van der Waals surface area (Å²) in [6, 6.07) is 0. The van der Waals surface area contributed by atoms with Gasteiger partial charge in [-0.1, -0.05) is 0 Å². The standard InChI is InChI=1S/C3H8O2.10C2H4/c1-5-3-2-4;10*1-2/h4H,2-3H2,1H3;10*1-2H2. The van der Waals surface area contributed by atoms with Crippen molar-refractivity contribution in [1.29, 1.82) is 0 Å². The summed E-state index contributed by atoms with van der Waals surface area (Å²) in [4.78, 5) is 0. The van der Waals surface area contributed by atoms with Gasteiger partial charge in [-0.3, -0.25) is 0 Å². The Morgan fingerprint density at radius 1 is 0.440 bits per heavy atom. The normalized spacial score (nSPS) is 3.28. The van der Waals surface area contributed by atoms with E-state index in [0.717, 1.165) is 0 Å². The third-order valence-electron chi connectivity index (χ3n) is 0.295. The largest absolute Gasteiger partial charge is 0.394 e. The Kier molecular flexibility index (Phi) is 272000. The number of aliphatic hydroxyl groups is 1. The number of hydrogen-bond donors (Lipinski definition) is 1.